The number of hydrogen-bond acceptors (Lipinski definition) is 6. The molecule has 37 heavy (non-hydrogen) atoms. The van der Waals surface area contributed by atoms with Crippen LogP contribution in [0.5, 0.6) is 0 Å². The van der Waals surface area contributed by atoms with E-state index < -0.39 is 0 Å². The van der Waals surface area contributed by atoms with Crippen LogP contribution in [0.1, 0.15) is 17.1 Å². The number of H-pyrrole nitrogens is 3. The molecule has 3 N–H and O–H groups in total. The van der Waals surface area contributed by atoms with E-state index in [0.29, 0.717) is 17.1 Å². The zero-order valence-electron chi connectivity index (χ0n) is 19.0. The molecule has 0 amide bonds. The first-order valence-electron chi connectivity index (χ1n) is 10.7. The van der Waals surface area contributed by atoms with Crippen LogP contribution in [0.3, 0.4) is 0 Å². The Bertz CT molecular complexity index is 1410. The Balaban J connectivity index is 0.000000152. The summed E-state index contributed by atoms with van der Waals surface area (Å²) in [4.78, 5) is 8.82. The third kappa shape index (κ3) is 7.08. The summed E-state index contributed by atoms with van der Waals surface area (Å²) in [5, 5.41) is 34.4. The van der Waals surface area contributed by atoms with Gasteiger partial charge in [-0.15, -0.1) is 0 Å². The summed E-state index contributed by atoms with van der Waals surface area (Å²) in [7, 11) is 0. The zero-order valence-corrected chi connectivity index (χ0v) is 23.2. The largest absolute Gasteiger partial charge is 3.00 e. The van der Waals surface area contributed by atoms with Crippen molar-refractivity contribution in [2.24, 2.45) is 0 Å². The van der Waals surface area contributed by atoms with Crippen molar-refractivity contribution in [1.82, 2.24) is 15.0 Å². The Morgan fingerprint density at radius 1 is 0.459 bits per heavy atom. The summed E-state index contributed by atoms with van der Waals surface area (Å²) in [6, 6.07) is 28.4. The molecule has 0 aliphatic carbocycles. The van der Waals surface area contributed by atoms with Gasteiger partial charge in [-0.3, -0.25) is 0 Å². The van der Waals surface area contributed by atoms with Crippen LogP contribution < -0.4 is 15.3 Å². The van der Waals surface area contributed by atoms with Gasteiger partial charge >= 0.3 is 19.5 Å². The maximum Gasteiger partial charge on any atom is 3.00 e. The minimum Gasteiger partial charge on any atom is -0.863 e. The van der Waals surface area contributed by atoms with Gasteiger partial charge in [0.1, 0.15) is 0 Å². The third-order valence-corrected chi connectivity index (χ3v) is 5.91. The van der Waals surface area contributed by atoms with E-state index in [1.165, 1.54) is 0 Å². The summed E-state index contributed by atoms with van der Waals surface area (Å²) < 4.78 is 0. The van der Waals surface area contributed by atoms with E-state index in [4.69, 9.17) is 0 Å². The molecule has 0 aliphatic heterocycles. The van der Waals surface area contributed by atoms with Crippen LogP contribution in [0.15, 0.2) is 91.0 Å². The molecule has 3 heterocycles. The smallest absolute Gasteiger partial charge is 0.863 e. The first-order valence-corrected chi connectivity index (χ1v) is 11.9. The van der Waals surface area contributed by atoms with E-state index in [1.54, 1.807) is 18.2 Å². The van der Waals surface area contributed by atoms with Gasteiger partial charge in [-0.2, -0.15) is 0 Å². The number of fused-ring (bicyclic) bond motifs is 3. The fraction of sp³-hybridized carbons (Fsp3) is 0. The molecular weight excluding hydrogens is 612 g/mol. The molecule has 1 radical (unpaired) electrons. The van der Waals surface area contributed by atoms with Crippen molar-refractivity contribution in [2.75, 3.05) is 0 Å². The van der Waals surface area contributed by atoms with Crippen molar-refractivity contribution >= 4 is 84.5 Å². The molecule has 6 nitrogen and oxygen atoms in total. The number of thiocarbonyl (C=S) groups is 3. The fourth-order valence-corrected chi connectivity index (χ4v) is 3.88. The molecule has 185 valence electrons. The fourth-order valence-electron chi connectivity index (χ4n) is 3.55. The molecule has 3 aromatic carbocycles. The number of para-hydroxylation sites is 3. The normalized spacial score (nSPS) is 10.1. The van der Waals surface area contributed by atoms with Gasteiger partial charge in [0.25, 0.3) is 0 Å². The molecule has 0 saturated heterocycles. The molecule has 0 saturated carbocycles. The van der Waals surface area contributed by atoms with E-state index in [9.17, 15) is 15.3 Å². The number of nitrogens with one attached hydrogen (secondary N) is 3. The van der Waals surface area contributed by atoms with Gasteiger partial charge in [-0.05, 0) is 67.7 Å². The Hall–Kier alpha value is -3.43. The topological polar surface area (TPSA) is 117 Å². The van der Waals surface area contributed by atoms with E-state index in [1.807, 2.05) is 72.8 Å². The maximum atomic E-state index is 10.8. The quantitative estimate of drug-likeness (QED) is 0.204. The average molecular weight is 630 g/mol. The van der Waals surface area contributed by atoms with Crippen molar-refractivity contribution in [2.45, 2.75) is 0 Å². The van der Waals surface area contributed by atoms with Crippen molar-refractivity contribution in [1.29, 1.82) is 0 Å². The van der Waals surface area contributed by atoms with Crippen LogP contribution in [0.4, 0.5) is 0 Å². The maximum absolute atomic E-state index is 10.8. The number of hydrogen-bond donors (Lipinski definition) is 3. The molecule has 6 rings (SSSR count). The SMILES string of the molecule is [O-]C(=S)c1cc2ccccc2[nH]1.[O-]C(=S)c1cc2ccccc2[nH]1.[O-]C(=S)c1cc2ccccc2[nH]1.[Ru+3]. The van der Waals surface area contributed by atoms with Crippen molar-refractivity contribution in [3.63, 3.8) is 0 Å². The summed E-state index contributed by atoms with van der Waals surface area (Å²) in [5.74, 6) is 0. The first kappa shape index (κ1) is 28.1. The Labute approximate surface area is 241 Å². The molecule has 10 heteroatoms. The predicted octanol–water partition coefficient (Wildman–Crippen LogP) is 3.61. The summed E-state index contributed by atoms with van der Waals surface area (Å²) >= 11 is 13.5. The van der Waals surface area contributed by atoms with Gasteiger partial charge in [0.15, 0.2) is 0 Å². The number of rotatable bonds is 3. The zero-order chi connectivity index (χ0) is 25.7. The minimum absolute atomic E-state index is 0. The van der Waals surface area contributed by atoms with Gasteiger partial charge in [-0.25, -0.2) is 0 Å². The van der Waals surface area contributed by atoms with Gasteiger partial charge in [0.05, 0.1) is 0 Å². The molecule has 6 aromatic rings. The minimum atomic E-state index is -0.341. The van der Waals surface area contributed by atoms with Crippen LogP contribution in [-0.4, -0.2) is 30.1 Å². The van der Waals surface area contributed by atoms with Crippen LogP contribution >= 0.6 is 36.7 Å². The van der Waals surface area contributed by atoms with Crippen molar-refractivity contribution < 1.29 is 34.8 Å². The summed E-state index contributed by atoms with van der Waals surface area (Å²) in [5.41, 5.74) is 4.32. The second kappa shape index (κ2) is 12.7. The number of aromatic amines is 3. The summed E-state index contributed by atoms with van der Waals surface area (Å²) in [6.07, 6.45) is 0. The monoisotopic (exact) mass is 630 g/mol. The van der Waals surface area contributed by atoms with Crippen LogP contribution in [0.25, 0.3) is 32.7 Å². The number of benzene rings is 3. The van der Waals surface area contributed by atoms with Gasteiger partial charge in [-0.1, -0.05) is 91.3 Å². The predicted molar refractivity (Wildman–Crippen MR) is 150 cm³/mol. The molecule has 3 aromatic heterocycles. The molecule has 0 spiro atoms. The molecule has 0 atom stereocenters. The molecule has 0 bridgehead atoms. The number of aromatic nitrogens is 3. The second-order valence-electron chi connectivity index (χ2n) is 7.67. The van der Waals surface area contributed by atoms with Crippen LogP contribution in [0.2, 0.25) is 0 Å². The molecule has 0 unspecified atom stereocenters. The first-order chi connectivity index (χ1) is 17.3. The van der Waals surface area contributed by atoms with Gasteiger partial charge in [0.2, 0.25) is 0 Å². The molecular formula is C27H18N3O3RuS3. The Kier molecular flexibility index (Phi) is 9.66. The van der Waals surface area contributed by atoms with E-state index in [0.717, 1.165) is 32.7 Å². The Morgan fingerprint density at radius 2 is 0.703 bits per heavy atom. The van der Waals surface area contributed by atoms with Crippen LogP contribution in [0, 0.1) is 0 Å². The molecule has 0 fully saturated rings. The average Bonchev–Trinajstić information content (AvgIpc) is 3.61. The summed E-state index contributed by atoms with van der Waals surface area (Å²) in [6.45, 7) is 0. The van der Waals surface area contributed by atoms with Crippen molar-refractivity contribution in [3.8, 4) is 0 Å². The second-order valence-corrected chi connectivity index (χ2v) is 8.79. The van der Waals surface area contributed by atoms with Gasteiger partial charge < -0.3 is 30.3 Å². The van der Waals surface area contributed by atoms with E-state index in [-0.39, 0.29) is 34.6 Å². The van der Waals surface area contributed by atoms with Crippen LogP contribution in [-0.2, 0) is 19.5 Å². The van der Waals surface area contributed by atoms with Crippen molar-refractivity contribution in [3.05, 3.63) is 108 Å². The Morgan fingerprint density at radius 3 is 0.919 bits per heavy atom. The molecule has 0 aliphatic rings. The standard InChI is InChI=1S/3C9H7NOS.Ru/c3*11-9(12)8-5-6-3-1-2-4-7(6)10-8;/h3*1-5,10H,(H,11,12);/q;;;+3/p-3. The van der Waals surface area contributed by atoms with E-state index >= 15 is 0 Å². The third-order valence-electron chi connectivity index (χ3n) is 5.25. The van der Waals surface area contributed by atoms with Gasteiger partial charge in [0, 0.05) is 33.6 Å². The van der Waals surface area contributed by atoms with E-state index in [2.05, 4.69) is 51.6 Å².